The highest BCUT2D eigenvalue weighted by molar-refractivity contribution is 5.42. The van der Waals surface area contributed by atoms with Crippen LogP contribution in [-0.2, 0) is 9.47 Å². The van der Waals surface area contributed by atoms with Gasteiger partial charge in [-0.05, 0) is 17.7 Å². The average Bonchev–Trinajstić information content (AvgIpc) is 2.31. The van der Waals surface area contributed by atoms with Crippen LogP contribution in [0.2, 0.25) is 0 Å². The summed E-state index contributed by atoms with van der Waals surface area (Å²) in [6, 6.07) is 4.55. The molecule has 0 aromatic heterocycles. The third-order valence-electron chi connectivity index (χ3n) is 2.27. The van der Waals surface area contributed by atoms with Crippen molar-refractivity contribution < 1.29 is 24.4 Å². The molecule has 5 nitrogen and oxygen atoms in total. The van der Waals surface area contributed by atoms with Crippen LogP contribution < -0.4 is 4.74 Å². The van der Waals surface area contributed by atoms with Gasteiger partial charge < -0.3 is 24.4 Å². The smallest absolute Gasteiger partial charge is 0.187 e. The van der Waals surface area contributed by atoms with E-state index in [1.807, 2.05) is 0 Å². The molecule has 0 saturated carbocycles. The Labute approximate surface area is 94.2 Å². The van der Waals surface area contributed by atoms with Gasteiger partial charge in [0, 0.05) is 14.2 Å². The van der Waals surface area contributed by atoms with Crippen LogP contribution in [0.15, 0.2) is 18.2 Å². The van der Waals surface area contributed by atoms with Crippen molar-refractivity contribution in [1.82, 2.24) is 0 Å². The summed E-state index contributed by atoms with van der Waals surface area (Å²) in [7, 11) is 4.32. The molecule has 1 aromatic rings. The molecule has 1 aromatic carbocycles. The largest absolute Gasteiger partial charge is 0.504 e. The number of aliphatic hydroxyl groups is 1. The highest BCUT2D eigenvalue weighted by Crippen LogP contribution is 2.30. The van der Waals surface area contributed by atoms with Crippen molar-refractivity contribution in [2.45, 2.75) is 12.4 Å². The standard InChI is InChI=1S/C11H16O5/c1-14-9-6-7(4-5-8(9)12)10(13)11(15-2)16-3/h4-6,10-13H,1-3H3. The SMILES string of the molecule is COc1cc(C(O)C(OC)OC)ccc1O. The van der Waals surface area contributed by atoms with Crippen LogP contribution in [-0.4, -0.2) is 37.8 Å². The van der Waals surface area contributed by atoms with E-state index in [0.29, 0.717) is 11.3 Å². The average molecular weight is 228 g/mol. The first-order valence-corrected chi connectivity index (χ1v) is 4.74. The maximum absolute atomic E-state index is 9.90. The topological polar surface area (TPSA) is 68.2 Å². The van der Waals surface area contributed by atoms with E-state index >= 15 is 0 Å². The number of hydrogen-bond donors (Lipinski definition) is 2. The summed E-state index contributed by atoms with van der Waals surface area (Å²) in [5, 5.41) is 19.3. The predicted molar refractivity (Wildman–Crippen MR) is 57.4 cm³/mol. The Morgan fingerprint density at radius 2 is 1.75 bits per heavy atom. The van der Waals surface area contributed by atoms with E-state index in [-0.39, 0.29) is 5.75 Å². The first-order valence-electron chi connectivity index (χ1n) is 4.74. The van der Waals surface area contributed by atoms with Crippen molar-refractivity contribution in [1.29, 1.82) is 0 Å². The number of aromatic hydroxyl groups is 1. The van der Waals surface area contributed by atoms with E-state index in [1.165, 1.54) is 33.5 Å². The van der Waals surface area contributed by atoms with Gasteiger partial charge >= 0.3 is 0 Å². The Kier molecular flexibility index (Phi) is 4.54. The molecule has 0 heterocycles. The van der Waals surface area contributed by atoms with Crippen LogP contribution in [0.25, 0.3) is 0 Å². The fraction of sp³-hybridized carbons (Fsp3) is 0.455. The van der Waals surface area contributed by atoms with Gasteiger partial charge in [-0.3, -0.25) is 0 Å². The van der Waals surface area contributed by atoms with Crippen LogP contribution in [0.4, 0.5) is 0 Å². The van der Waals surface area contributed by atoms with Gasteiger partial charge in [0.05, 0.1) is 7.11 Å². The van der Waals surface area contributed by atoms with Gasteiger partial charge in [0.25, 0.3) is 0 Å². The number of ether oxygens (including phenoxy) is 3. The molecule has 90 valence electrons. The molecule has 0 aliphatic heterocycles. The number of phenols is 1. The predicted octanol–water partition coefficient (Wildman–Crippen LogP) is 1.05. The molecular weight excluding hydrogens is 212 g/mol. The minimum atomic E-state index is -0.940. The van der Waals surface area contributed by atoms with Crippen molar-refractivity contribution in [3.8, 4) is 11.5 Å². The van der Waals surface area contributed by atoms with Gasteiger partial charge in [0.2, 0.25) is 0 Å². The Balaban J connectivity index is 2.95. The minimum Gasteiger partial charge on any atom is -0.504 e. The zero-order valence-electron chi connectivity index (χ0n) is 9.51. The molecule has 0 aliphatic rings. The summed E-state index contributed by atoms with van der Waals surface area (Å²) in [5.41, 5.74) is 0.545. The third-order valence-corrected chi connectivity index (χ3v) is 2.27. The van der Waals surface area contributed by atoms with Gasteiger partial charge in [-0.15, -0.1) is 0 Å². The number of aliphatic hydroxyl groups excluding tert-OH is 1. The molecule has 0 amide bonds. The Morgan fingerprint density at radius 3 is 2.25 bits per heavy atom. The fourth-order valence-electron chi connectivity index (χ4n) is 1.39. The molecule has 1 rings (SSSR count). The molecule has 0 bridgehead atoms. The van der Waals surface area contributed by atoms with Crippen LogP contribution in [0.3, 0.4) is 0 Å². The van der Waals surface area contributed by atoms with Crippen molar-refractivity contribution >= 4 is 0 Å². The van der Waals surface area contributed by atoms with Gasteiger partial charge in [0.15, 0.2) is 17.8 Å². The Bertz CT molecular complexity index is 335. The van der Waals surface area contributed by atoms with Gasteiger partial charge in [-0.25, -0.2) is 0 Å². The highest BCUT2D eigenvalue weighted by atomic mass is 16.7. The second-order valence-corrected chi connectivity index (χ2v) is 3.22. The van der Waals surface area contributed by atoms with E-state index in [4.69, 9.17) is 14.2 Å². The lowest BCUT2D eigenvalue weighted by atomic mass is 10.1. The third kappa shape index (κ3) is 2.63. The zero-order valence-corrected chi connectivity index (χ0v) is 9.51. The zero-order chi connectivity index (χ0) is 12.1. The Morgan fingerprint density at radius 1 is 1.12 bits per heavy atom. The summed E-state index contributed by atoms with van der Waals surface area (Å²) in [6.45, 7) is 0. The molecule has 0 spiro atoms. The monoisotopic (exact) mass is 228 g/mol. The van der Waals surface area contributed by atoms with Gasteiger partial charge in [-0.2, -0.15) is 0 Å². The van der Waals surface area contributed by atoms with Gasteiger partial charge in [-0.1, -0.05) is 6.07 Å². The Hall–Kier alpha value is -1.30. The first kappa shape index (κ1) is 12.8. The van der Waals surface area contributed by atoms with E-state index in [0.717, 1.165) is 0 Å². The highest BCUT2D eigenvalue weighted by Gasteiger charge is 2.21. The summed E-state index contributed by atoms with van der Waals surface area (Å²) in [5.74, 6) is 0.312. The molecule has 2 N–H and O–H groups in total. The van der Waals surface area contributed by atoms with Crippen LogP contribution in [0, 0.1) is 0 Å². The molecule has 1 atom stereocenters. The minimum absolute atomic E-state index is 0.0184. The first-order chi connectivity index (χ1) is 7.63. The maximum atomic E-state index is 9.90. The number of benzene rings is 1. The van der Waals surface area contributed by atoms with Crippen molar-refractivity contribution in [3.63, 3.8) is 0 Å². The lowest BCUT2D eigenvalue weighted by molar-refractivity contribution is -0.166. The number of phenolic OH excluding ortho intramolecular Hbond substituents is 1. The molecule has 0 aliphatic carbocycles. The fourth-order valence-corrected chi connectivity index (χ4v) is 1.39. The van der Waals surface area contributed by atoms with E-state index < -0.39 is 12.4 Å². The number of rotatable bonds is 5. The van der Waals surface area contributed by atoms with Crippen LogP contribution >= 0.6 is 0 Å². The van der Waals surface area contributed by atoms with Gasteiger partial charge in [0.1, 0.15) is 6.10 Å². The molecule has 5 heteroatoms. The van der Waals surface area contributed by atoms with E-state index in [2.05, 4.69) is 0 Å². The molecule has 1 unspecified atom stereocenters. The maximum Gasteiger partial charge on any atom is 0.187 e. The molecule has 0 radical (unpaired) electrons. The summed E-state index contributed by atoms with van der Waals surface area (Å²) < 4.78 is 14.8. The molecular formula is C11H16O5. The summed E-state index contributed by atoms with van der Waals surface area (Å²) >= 11 is 0. The lowest BCUT2D eigenvalue weighted by Gasteiger charge is -2.20. The number of methoxy groups -OCH3 is 3. The van der Waals surface area contributed by atoms with E-state index in [1.54, 1.807) is 6.07 Å². The van der Waals surface area contributed by atoms with Crippen molar-refractivity contribution in [3.05, 3.63) is 23.8 Å². The van der Waals surface area contributed by atoms with Crippen LogP contribution in [0.1, 0.15) is 11.7 Å². The molecule has 16 heavy (non-hydrogen) atoms. The van der Waals surface area contributed by atoms with E-state index in [9.17, 15) is 10.2 Å². The van der Waals surface area contributed by atoms with Crippen molar-refractivity contribution in [2.24, 2.45) is 0 Å². The second-order valence-electron chi connectivity index (χ2n) is 3.22. The van der Waals surface area contributed by atoms with Crippen LogP contribution in [0.5, 0.6) is 11.5 Å². The molecule has 0 saturated heterocycles. The quantitative estimate of drug-likeness (QED) is 0.737. The molecule has 0 fully saturated rings. The van der Waals surface area contributed by atoms with Crippen molar-refractivity contribution in [2.75, 3.05) is 21.3 Å². The number of hydrogen-bond acceptors (Lipinski definition) is 5. The second kappa shape index (κ2) is 5.69. The summed E-state index contributed by atoms with van der Waals surface area (Å²) in [6.07, 6.45) is -1.70. The normalized spacial score (nSPS) is 12.8. The summed E-state index contributed by atoms with van der Waals surface area (Å²) in [4.78, 5) is 0. The lowest BCUT2D eigenvalue weighted by Crippen LogP contribution is -2.22.